The van der Waals surface area contributed by atoms with Gasteiger partial charge in [-0.3, -0.25) is 0 Å². The molecule has 4 rings (SSSR count). The highest BCUT2D eigenvalue weighted by atomic mass is 28.4. The number of nitrogens with zero attached hydrogens (tertiary/aromatic N) is 4. The number of aromatic nitrogens is 5. The van der Waals surface area contributed by atoms with Gasteiger partial charge in [-0.25, -0.2) is 9.97 Å². The van der Waals surface area contributed by atoms with Crippen molar-refractivity contribution in [2.45, 2.75) is 52.4 Å². The van der Waals surface area contributed by atoms with Crippen LogP contribution >= 0.6 is 0 Å². The molecule has 31 heavy (non-hydrogen) atoms. The van der Waals surface area contributed by atoms with Gasteiger partial charge in [-0.15, -0.1) is 0 Å². The summed E-state index contributed by atoms with van der Waals surface area (Å²) in [4.78, 5) is 16.6. The van der Waals surface area contributed by atoms with E-state index in [4.69, 9.17) is 8.95 Å². The smallest absolute Gasteiger partial charge is 0.257 e. The second kappa shape index (κ2) is 7.90. The molecule has 162 valence electrons. The standard InChI is InChI=1S/C22H28N6O2Si/c1-14-24-20(30-28-14)16-7-8-17-18(12-16)26-21(25-17)27-19-11-15(9-10-23-19)13-29-31(5,6)22(2,3)4/h7-12H,13H2,1-6H3,(H2,23,25,26,27). The molecule has 3 heterocycles. The Morgan fingerprint density at radius 2 is 1.94 bits per heavy atom. The number of pyridine rings is 1. The summed E-state index contributed by atoms with van der Waals surface area (Å²) >= 11 is 0. The van der Waals surface area contributed by atoms with E-state index in [1.165, 1.54) is 0 Å². The van der Waals surface area contributed by atoms with Crippen LogP contribution in [0.3, 0.4) is 0 Å². The molecule has 2 N–H and O–H groups in total. The van der Waals surface area contributed by atoms with Crippen molar-refractivity contribution in [2.75, 3.05) is 5.32 Å². The molecule has 8 nitrogen and oxygen atoms in total. The van der Waals surface area contributed by atoms with Gasteiger partial charge in [0.25, 0.3) is 5.89 Å². The zero-order chi connectivity index (χ0) is 22.2. The molecule has 0 aliphatic heterocycles. The van der Waals surface area contributed by atoms with Gasteiger partial charge in [0.05, 0.1) is 17.6 Å². The van der Waals surface area contributed by atoms with Crippen molar-refractivity contribution in [1.29, 1.82) is 0 Å². The van der Waals surface area contributed by atoms with Crippen molar-refractivity contribution in [1.82, 2.24) is 25.1 Å². The number of nitrogens with one attached hydrogen (secondary N) is 2. The third-order valence-corrected chi connectivity index (χ3v) is 10.2. The lowest BCUT2D eigenvalue weighted by Crippen LogP contribution is -2.40. The number of H-pyrrole nitrogens is 1. The van der Waals surface area contributed by atoms with E-state index in [9.17, 15) is 0 Å². The van der Waals surface area contributed by atoms with Crippen LogP contribution in [0.2, 0.25) is 18.1 Å². The molecule has 0 radical (unpaired) electrons. The summed E-state index contributed by atoms with van der Waals surface area (Å²) in [6, 6.07) is 9.75. The second-order valence-electron chi connectivity index (χ2n) is 9.19. The summed E-state index contributed by atoms with van der Waals surface area (Å²) in [5.74, 6) is 2.41. The maximum absolute atomic E-state index is 6.33. The van der Waals surface area contributed by atoms with Gasteiger partial charge in [0, 0.05) is 11.8 Å². The minimum absolute atomic E-state index is 0.175. The maximum atomic E-state index is 6.33. The monoisotopic (exact) mass is 436 g/mol. The average Bonchev–Trinajstić information content (AvgIpc) is 3.30. The number of hydrogen-bond donors (Lipinski definition) is 2. The predicted molar refractivity (Wildman–Crippen MR) is 124 cm³/mol. The minimum atomic E-state index is -1.81. The van der Waals surface area contributed by atoms with Crippen LogP contribution in [0.5, 0.6) is 0 Å². The van der Waals surface area contributed by atoms with Gasteiger partial charge in [0.1, 0.15) is 5.82 Å². The molecule has 0 unspecified atom stereocenters. The fourth-order valence-corrected chi connectivity index (χ4v) is 3.81. The SMILES string of the molecule is Cc1noc(-c2ccc3nc(Nc4cc(CO[Si](C)(C)C(C)(C)C)ccn4)[nH]c3c2)n1. The van der Waals surface area contributed by atoms with Gasteiger partial charge >= 0.3 is 0 Å². The molecule has 3 aromatic heterocycles. The highest BCUT2D eigenvalue weighted by Gasteiger charge is 2.37. The lowest BCUT2D eigenvalue weighted by Gasteiger charge is -2.36. The van der Waals surface area contributed by atoms with Gasteiger partial charge in [0.15, 0.2) is 14.1 Å². The molecule has 0 atom stereocenters. The van der Waals surface area contributed by atoms with E-state index in [0.717, 1.165) is 22.2 Å². The summed E-state index contributed by atoms with van der Waals surface area (Å²) < 4.78 is 11.6. The Morgan fingerprint density at radius 3 is 2.65 bits per heavy atom. The van der Waals surface area contributed by atoms with E-state index in [1.807, 2.05) is 30.3 Å². The molecule has 0 amide bonds. The number of anilines is 2. The quantitative estimate of drug-likeness (QED) is 0.380. The van der Waals surface area contributed by atoms with Crippen molar-refractivity contribution in [3.05, 3.63) is 47.9 Å². The number of fused-ring (bicyclic) bond motifs is 1. The van der Waals surface area contributed by atoms with E-state index in [0.29, 0.717) is 30.1 Å². The summed E-state index contributed by atoms with van der Waals surface area (Å²) in [6.07, 6.45) is 1.78. The Kier molecular flexibility index (Phi) is 5.40. The Balaban J connectivity index is 1.49. The average molecular weight is 437 g/mol. The van der Waals surface area contributed by atoms with Crippen LogP contribution < -0.4 is 5.32 Å². The molecule has 0 fully saturated rings. The minimum Gasteiger partial charge on any atom is -0.413 e. The second-order valence-corrected chi connectivity index (χ2v) is 14.0. The predicted octanol–water partition coefficient (Wildman–Crippen LogP) is 5.58. The van der Waals surface area contributed by atoms with Gasteiger partial charge in [0.2, 0.25) is 5.95 Å². The normalized spacial score (nSPS) is 12.5. The number of benzene rings is 1. The van der Waals surface area contributed by atoms with Crippen molar-refractivity contribution in [3.8, 4) is 11.5 Å². The van der Waals surface area contributed by atoms with Crippen LogP contribution in [0.4, 0.5) is 11.8 Å². The first-order valence-corrected chi connectivity index (χ1v) is 13.2. The van der Waals surface area contributed by atoms with Gasteiger partial charge < -0.3 is 19.2 Å². The van der Waals surface area contributed by atoms with Crippen molar-refractivity contribution in [3.63, 3.8) is 0 Å². The van der Waals surface area contributed by atoms with E-state index >= 15 is 0 Å². The molecular weight excluding hydrogens is 408 g/mol. The van der Waals surface area contributed by atoms with E-state index in [2.05, 4.69) is 64.3 Å². The van der Waals surface area contributed by atoms with Crippen molar-refractivity contribution < 1.29 is 8.95 Å². The fourth-order valence-electron chi connectivity index (χ4n) is 2.85. The van der Waals surface area contributed by atoms with Crippen LogP contribution in [-0.4, -0.2) is 33.4 Å². The zero-order valence-electron chi connectivity index (χ0n) is 18.8. The van der Waals surface area contributed by atoms with E-state index in [-0.39, 0.29) is 5.04 Å². The Hall–Kier alpha value is -3.04. The number of aromatic amines is 1. The third-order valence-electron chi connectivity index (χ3n) is 5.73. The molecule has 0 aliphatic rings. The van der Waals surface area contributed by atoms with Crippen molar-refractivity contribution in [2.24, 2.45) is 0 Å². The summed E-state index contributed by atoms with van der Waals surface area (Å²) in [5, 5.41) is 7.27. The lowest BCUT2D eigenvalue weighted by molar-refractivity contribution is 0.276. The van der Waals surface area contributed by atoms with Gasteiger partial charge in [-0.2, -0.15) is 4.98 Å². The first kappa shape index (κ1) is 21.2. The van der Waals surface area contributed by atoms with Crippen molar-refractivity contribution >= 4 is 31.1 Å². The Labute approximate surface area is 182 Å². The molecule has 0 bridgehead atoms. The van der Waals surface area contributed by atoms with Crippen LogP contribution in [0.1, 0.15) is 32.2 Å². The van der Waals surface area contributed by atoms with Gasteiger partial charge in [-0.1, -0.05) is 25.9 Å². The van der Waals surface area contributed by atoms with Crippen LogP contribution in [0, 0.1) is 6.92 Å². The van der Waals surface area contributed by atoms with Crippen LogP contribution in [0.25, 0.3) is 22.5 Å². The highest BCUT2D eigenvalue weighted by molar-refractivity contribution is 6.74. The number of hydrogen-bond acceptors (Lipinski definition) is 7. The molecule has 0 saturated carbocycles. The number of rotatable bonds is 6. The summed E-state index contributed by atoms with van der Waals surface area (Å²) in [7, 11) is -1.81. The van der Waals surface area contributed by atoms with Crippen LogP contribution in [0.15, 0.2) is 41.1 Å². The zero-order valence-corrected chi connectivity index (χ0v) is 19.8. The van der Waals surface area contributed by atoms with Gasteiger partial charge in [-0.05, 0) is 61.0 Å². The number of imidazole rings is 1. The lowest BCUT2D eigenvalue weighted by atomic mass is 10.2. The molecule has 0 saturated heterocycles. The first-order chi connectivity index (χ1) is 14.6. The largest absolute Gasteiger partial charge is 0.413 e. The van der Waals surface area contributed by atoms with Crippen LogP contribution in [-0.2, 0) is 11.0 Å². The molecule has 1 aromatic carbocycles. The highest BCUT2D eigenvalue weighted by Crippen LogP contribution is 2.37. The summed E-state index contributed by atoms with van der Waals surface area (Å²) in [6.45, 7) is 13.6. The molecule has 4 aromatic rings. The molecule has 0 spiro atoms. The van der Waals surface area contributed by atoms with E-state index in [1.54, 1.807) is 13.1 Å². The fraction of sp³-hybridized carbons (Fsp3) is 0.364. The molecular formula is C22H28N6O2Si. The Morgan fingerprint density at radius 1 is 1.13 bits per heavy atom. The molecule has 0 aliphatic carbocycles. The number of aryl methyl sites for hydroxylation is 1. The molecule has 9 heteroatoms. The first-order valence-electron chi connectivity index (χ1n) is 10.3. The van der Waals surface area contributed by atoms with E-state index < -0.39 is 8.32 Å². The third kappa shape index (κ3) is 4.67. The topological polar surface area (TPSA) is 102 Å². The Bertz CT molecular complexity index is 1210. The maximum Gasteiger partial charge on any atom is 0.257 e. The summed E-state index contributed by atoms with van der Waals surface area (Å²) in [5.41, 5.74) is 3.62.